The Hall–Kier alpha value is -2.08. The Morgan fingerprint density at radius 2 is 1.67 bits per heavy atom. The molecule has 2 N–H and O–H groups in total. The van der Waals surface area contributed by atoms with Crippen LogP contribution in [0.2, 0.25) is 0 Å². The summed E-state index contributed by atoms with van der Waals surface area (Å²) in [6.07, 6.45) is 4.43. The molecule has 0 bridgehead atoms. The maximum absolute atomic E-state index is 12.5. The lowest BCUT2D eigenvalue weighted by atomic mass is 10.0. The molecular formula is C21H31N4O2. The van der Waals surface area contributed by atoms with Crippen molar-refractivity contribution >= 4 is 11.9 Å². The number of nitrogens with zero attached hydrogens (tertiary/aromatic N) is 3. The van der Waals surface area contributed by atoms with Crippen LogP contribution in [0.3, 0.4) is 0 Å². The van der Waals surface area contributed by atoms with Crippen LogP contribution < -0.4 is 5.73 Å². The SMILES string of the molecule is Cc1ccc(C[CH]C(=O)N2CCN(C3CCN(C(N)=O)CC3)CC2)cc1C. The molecule has 0 saturated carbocycles. The highest BCUT2D eigenvalue weighted by molar-refractivity contribution is 5.85. The molecule has 3 amide bonds. The van der Waals surface area contributed by atoms with Gasteiger partial charge in [-0.2, -0.15) is 0 Å². The van der Waals surface area contributed by atoms with Crippen LogP contribution in [0.1, 0.15) is 29.5 Å². The molecule has 2 aliphatic heterocycles. The number of urea groups is 1. The molecule has 2 saturated heterocycles. The predicted molar refractivity (Wildman–Crippen MR) is 106 cm³/mol. The number of rotatable bonds is 4. The molecule has 27 heavy (non-hydrogen) atoms. The van der Waals surface area contributed by atoms with E-state index in [-0.39, 0.29) is 11.9 Å². The zero-order chi connectivity index (χ0) is 19.4. The van der Waals surface area contributed by atoms with E-state index in [4.69, 9.17) is 5.73 Å². The van der Waals surface area contributed by atoms with E-state index in [1.807, 2.05) is 11.3 Å². The second kappa shape index (κ2) is 8.74. The molecule has 2 heterocycles. The number of piperazine rings is 1. The molecule has 0 atom stereocenters. The summed E-state index contributed by atoms with van der Waals surface area (Å²) in [5, 5.41) is 0. The summed E-state index contributed by atoms with van der Waals surface area (Å²) in [5.41, 5.74) is 9.09. The van der Waals surface area contributed by atoms with Gasteiger partial charge in [-0.15, -0.1) is 0 Å². The number of hydrogen-bond donors (Lipinski definition) is 1. The van der Waals surface area contributed by atoms with Crippen molar-refractivity contribution in [3.05, 3.63) is 41.3 Å². The molecule has 0 unspecified atom stereocenters. The van der Waals surface area contributed by atoms with Crippen LogP contribution in [0.4, 0.5) is 4.79 Å². The van der Waals surface area contributed by atoms with Crippen molar-refractivity contribution in [1.82, 2.24) is 14.7 Å². The van der Waals surface area contributed by atoms with E-state index in [1.54, 1.807) is 4.90 Å². The molecule has 1 aromatic rings. The molecule has 1 aromatic carbocycles. The molecule has 1 radical (unpaired) electrons. The Labute approximate surface area is 162 Å². The minimum Gasteiger partial charge on any atom is -0.351 e. The van der Waals surface area contributed by atoms with E-state index in [0.29, 0.717) is 12.5 Å². The van der Waals surface area contributed by atoms with Crippen molar-refractivity contribution < 1.29 is 9.59 Å². The molecule has 147 valence electrons. The van der Waals surface area contributed by atoms with Gasteiger partial charge in [-0.3, -0.25) is 9.69 Å². The number of likely N-dealkylation sites (tertiary alicyclic amines) is 1. The summed E-state index contributed by atoms with van der Waals surface area (Å²) in [7, 11) is 0. The summed E-state index contributed by atoms with van der Waals surface area (Å²) in [5.74, 6) is 0.136. The zero-order valence-electron chi connectivity index (χ0n) is 16.5. The van der Waals surface area contributed by atoms with Crippen molar-refractivity contribution in [3.8, 4) is 0 Å². The van der Waals surface area contributed by atoms with Gasteiger partial charge in [0.2, 0.25) is 5.91 Å². The third kappa shape index (κ3) is 5.01. The molecular weight excluding hydrogens is 340 g/mol. The molecule has 0 aliphatic carbocycles. The summed E-state index contributed by atoms with van der Waals surface area (Å²) >= 11 is 0. The van der Waals surface area contributed by atoms with Gasteiger partial charge < -0.3 is 15.5 Å². The van der Waals surface area contributed by atoms with Crippen LogP contribution >= 0.6 is 0 Å². The Balaban J connectivity index is 1.41. The number of hydrogen-bond acceptors (Lipinski definition) is 3. The normalized spacial score (nSPS) is 19.3. The van der Waals surface area contributed by atoms with Crippen LogP contribution in [-0.2, 0) is 11.2 Å². The largest absolute Gasteiger partial charge is 0.351 e. The lowest BCUT2D eigenvalue weighted by Crippen LogP contribution is -2.55. The summed E-state index contributed by atoms with van der Waals surface area (Å²) in [4.78, 5) is 29.9. The molecule has 6 nitrogen and oxygen atoms in total. The second-order valence-electron chi connectivity index (χ2n) is 7.74. The van der Waals surface area contributed by atoms with Crippen LogP contribution in [0.5, 0.6) is 0 Å². The highest BCUT2D eigenvalue weighted by atomic mass is 16.2. The Kier molecular flexibility index (Phi) is 6.37. The van der Waals surface area contributed by atoms with Crippen LogP contribution in [0.25, 0.3) is 0 Å². The number of carbonyl (C=O) groups is 2. The number of amides is 3. The first-order valence-electron chi connectivity index (χ1n) is 9.90. The minimum atomic E-state index is -0.317. The van der Waals surface area contributed by atoms with E-state index in [9.17, 15) is 9.59 Å². The van der Waals surface area contributed by atoms with Gasteiger partial charge in [0.25, 0.3) is 0 Å². The average Bonchev–Trinajstić information content (AvgIpc) is 2.69. The Bertz CT molecular complexity index is 675. The molecule has 6 heteroatoms. The molecule has 0 spiro atoms. The van der Waals surface area contributed by atoms with Crippen LogP contribution in [0.15, 0.2) is 18.2 Å². The second-order valence-corrected chi connectivity index (χ2v) is 7.74. The number of primary amides is 1. The molecule has 2 fully saturated rings. The van der Waals surface area contributed by atoms with E-state index in [0.717, 1.165) is 52.1 Å². The van der Waals surface area contributed by atoms with Gasteiger partial charge in [0, 0.05) is 45.3 Å². The lowest BCUT2D eigenvalue weighted by Gasteiger charge is -2.42. The molecule has 0 aromatic heterocycles. The zero-order valence-corrected chi connectivity index (χ0v) is 16.5. The first-order chi connectivity index (χ1) is 12.9. The smallest absolute Gasteiger partial charge is 0.314 e. The number of benzene rings is 1. The van der Waals surface area contributed by atoms with Gasteiger partial charge in [-0.1, -0.05) is 18.2 Å². The van der Waals surface area contributed by atoms with E-state index in [1.165, 1.54) is 16.7 Å². The topological polar surface area (TPSA) is 69.9 Å². The molecule has 3 rings (SSSR count). The first kappa shape index (κ1) is 19.7. The van der Waals surface area contributed by atoms with Gasteiger partial charge >= 0.3 is 6.03 Å². The van der Waals surface area contributed by atoms with Gasteiger partial charge in [-0.05, 0) is 49.8 Å². The number of carbonyl (C=O) groups excluding carboxylic acids is 2. The van der Waals surface area contributed by atoms with E-state index < -0.39 is 0 Å². The fraction of sp³-hybridized carbons (Fsp3) is 0.571. The van der Waals surface area contributed by atoms with Crippen molar-refractivity contribution in [1.29, 1.82) is 0 Å². The fourth-order valence-electron chi connectivity index (χ4n) is 4.02. The van der Waals surface area contributed by atoms with E-state index in [2.05, 4.69) is 36.9 Å². The Morgan fingerprint density at radius 3 is 2.26 bits per heavy atom. The van der Waals surface area contributed by atoms with E-state index >= 15 is 0 Å². The van der Waals surface area contributed by atoms with Gasteiger partial charge in [0.05, 0.1) is 6.42 Å². The van der Waals surface area contributed by atoms with Crippen molar-refractivity contribution in [2.45, 2.75) is 39.2 Å². The summed E-state index contributed by atoms with van der Waals surface area (Å²) < 4.78 is 0. The summed E-state index contributed by atoms with van der Waals surface area (Å²) in [6, 6.07) is 6.56. The van der Waals surface area contributed by atoms with Crippen molar-refractivity contribution in [2.24, 2.45) is 5.73 Å². The lowest BCUT2D eigenvalue weighted by molar-refractivity contribution is -0.129. The maximum Gasteiger partial charge on any atom is 0.314 e. The quantitative estimate of drug-likeness (QED) is 0.876. The first-order valence-corrected chi connectivity index (χ1v) is 9.90. The Morgan fingerprint density at radius 1 is 1.00 bits per heavy atom. The highest BCUT2D eigenvalue weighted by Crippen LogP contribution is 2.19. The minimum absolute atomic E-state index is 0.136. The fourth-order valence-corrected chi connectivity index (χ4v) is 4.02. The van der Waals surface area contributed by atoms with Gasteiger partial charge in [0.1, 0.15) is 0 Å². The summed E-state index contributed by atoms with van der Waals surface area (Å²) in [6.45, 7) is 9.05. The standard InChI is InChI=1S/C21H31N4O2/c1-16-3-4-18(15-17(16)2)5-6-20(26)24-13-11-23(12-14-24)19-7-9-25(10-8-19)21(22)27/h3-4,6,15,19H,5,7-14H2,1-2H3,(H2,22,27). The monoisotopic (exact) mass is 371 g/mol. The van der Waals surface area contributed by atoms with Gasteiger partial charge in [-0.25, -0.2) is 4.79 Å². The van der Waals surface area contributed by atoms with Crippen LogP contribution in [0, 0.1) is 20.3 Å². The maximum atomic E-state index is 12.5. The molecule has 2 aliphatic rings. The number of piperidine rings is 1. The van der Waals surface area contributed by atoms with Gasteiger partial charge in [0.15, 0.2) is 0 Å². The van der Waals surface area contributed by atoms with Crippen molar-refractivity contribution in [3.63, 3.8) is 0 Å². The number of aryl methyl sites for hydroxylation is 2. The number of nitrogens with two attached hydrogens (primary N) is 1. The third-order valence-electron chi connectivity index (χ3n) is 6.00. The van der Waals surface area contributed by atoms with Crippen molar-refractivity contribution in [2.75, 3.05) is 39.3 Å². The van der Waals surface area contributed by atoms with Crippen LogP contribution in [-0.4, -0.2) is 71.9 Å². The third-order valence-corrected chi connectivity index (χ3v) is 6.00. The predicted octanol–water partition coefficient (Wildman–Crippen LogP) is 1.74. The highest BCUT2D eigenvalue weighted by Gasteiger charge is 2.29. The average molecular weight is 372 g/mol.